The molecule has 4 heteroatoms. The van der Waals surface area contributed by atoms with Crippen LogP contribution in [0.4, 0.5) is 5.82 Å². The molecule has 0 N–H and O–H groups in total. The summed E-state index contributed by atoms with van der Waals surface area (Å²) in [5, 5.41) is 1.33. The summed E-state index contributed by atoms with van der Waals surface area (Å²) in [5.74, 6) is 1.14. The second kappa shape index (κ2) is 6.48. The number of rotatable bonds is 2. The standard InChI is InChI=1S/C20H23N3.ClH/c1-4-23-15(3)14(2)19-18(23)9-11-21-20(19)22-12-10-16-7-5-6-8-17(16)13-22;/h5-9,11H,4,10,12-13H2,1-3H3;1H. The summed E-state index contributed by atoms with van der Waals surface area (Å²) >= 11 is 0. The normalized spacial score (nSPS) is 13.7. The lowest BCUT2D eigenvalue weighted by Crippen LogP contribution is -2.31. The molecule has 24 heavy (non-hydrogen) atoms. The zero-order valence-corrected chi connectivity index (χ0v) is 15.4. The topological polar surface area (TPSA) is 21.1 Å². The van der Waals surface area contributed by atoms with Crippen molar-refractivity contribution in [3.05, 3.63) is 58.9 Å². The van der Waals surface area contributed by atoms with Crippen LogP contribution in [0, 0.1) is 13.8 Å². The van der Waals surface area contributed by atoms with Crippen LogP contribution in [-0.4, -0.2) is 16.1 Å². The van der Waals surface area contributed by atoms with E-state index in [9.17, 15) is 0 Å². The Morgan fingerprint density at radius 1 is 1.08 bits per heavy atom. The maximum atomic E-state index is 4.77. The Morgan fingerprint density at radius 2 is 1.83 bits per heavy atom. The van der Waals surface area contributed by atoms with E-state index in [-0.39, 0.29) is 12.4 Å². The predicted molar refractivity (Wildman–Crippen MR) is 103 cm³/mol. The van der Waals surface area contributed by atoms with E-state index >= 15 is 0 Å². The Hall–Kier alpha value is -2.00. The van der Waals surface area contributed by atoms with E-state index in [1.165, 1.54) is 33.3 Å². The van der Waals surface area contributed by atoms with Gasteiger partial charge >= 0.3 is 0 Å². The number of pyridine rings is 1. The van der Waals surface area contributed by atoms with E-state index in [0.717, 1.165) is 31.9 Å². The van der Waals surface area contributed by atoms with Crippen LogP contribution >= 0.6 is 12.4 Å². The number of nitrogens with zero attached hydrogens (tertiary/aromatic N) is 3. The minimum absolute atomic E-state index is 0. The van der Waals surface area contributed by atoms with Crippen molar-refractivity contribution >= 4 is 29.1 Å². The van der Waals surface area contributed by atoms with Crippen LogP contribution in [-0.2, 0) is 19.5 Å². The summed E-state index contributed by atoms with van der Waals surface area (Å²) in [4.78, 5) is 7.21. The monoisotopic (exact) mass is 341 g/mol. The molecule has 3 heterocycles. The van der Waals surface area contributed by atoms with Crippen molar-refractivity contribution in [1.29, 1.82) is 0 Å². The maximum Gasteiger partial charge on any atom is 0.138 e. The van der Waals surface area contributed by atoms with E-state index < -0.39 is 0 Å². The first-order chi connectivity index (χ1) is 11.2. The van der Waals surface area contributed by atoms with Gasteiger partial charge in [0.15, 0.2) is 0 Å². The van der Waals surface area contributed by atoms with Gasteiger partial charge in [0, 0.05) is 36.9 Å². The summed E-state index contributed by atoms with van der Waals surface area (Å²) in [5.41, 5.74) is 6.95. The van der Waals surface area contributed by atoms with Gasteiger partial charge in [0.2, 0.25) is 0 Å². The molecule has 1 aliphatic heterocycles. The molecule has 2 aromatic heterocycles. The molecule has 126 valence electrons. The van der Waals surface area contributed by atoms with E-state index in [1.54, 1.807) is 0 Å². The van der Waals surface area contributed by atoms with Crippen molar-refractivity contribution in [2.75, 3.05) is 11.4 Å². The van der Waals surface area contributed by atoms with Gasteiger partial charge in [0.25, 0.3) is 0 Å². The van der Waals surface area contributed by atoms with Crippen LogP contribution < -0.4 is 4.90 Å². The molecule has 0 radical (unpaired) electrons. The number of benzene rings is 1. The van der Waals surface area contributed by atoms with Crippen molar-refractivity contribution in [2.24, 2.45) is 0 Å². The molecule has 0 atom stereocenters. The van der Waals surface area contributed by atoms with Crippen molar-refractivity contribution < 1.29 is 0 Å². The fraction of sp³-hybridized carbons (Fsp3) is 0.350. The average molecular weight is 342 g/mol. The third-order valence-corrected chi connectivity index (χ3v) is 5.27. The number of halogens is 1. The Labute approximate surface area is 149 Å². The summed E-state index contributed by atoms with van der Waals surface area (Å²) in [6.45, 7) is 9.66. The minimum Gasteiger partial charge on any atom is -0.351 e. The highest BCUT2D eigenvalue weighted by Gasteiger charge is 2.22. The van der Waals surface area contributed by atoms with Crippen molar-refractivity contribution in [1.82, 2.24) is 9.55 Å². The molecular weight excluding hydrogens is 318 g/mol. The maximum absolute atomic E-state index is 4.77. The Balaban J connectivity index is 0.00000169. The van der Waals surface area contributed by atoms with Gasteiger partial charge in [-0.25, -0.2) is 4.98 Å². The van der Waals surface area contributed by atoms with Gasteiger partial charge in [-0.15, -0.1) is 12.4 Å². The molecule has 0 bridgehead atoms. The molecule has 3 aromatic rings. The number of anilines is 1. The lowest BCUT2D eigenvalue weighted by Gasteiger charge is -2.30. The van der Waals surface area contributed by atoms with Crippen molar-refractivity contribution in [2.45, 2.75) is 40.3 Å². The van der Waals surface area contributed by atoms with Crippen molar-refractivity contribution in [3.8, 4) is 0 Å². The highest BCUT2D eigenvalue weighted by molar-refractivity contribution is 5.94. The molecule has 3 nitrogen and oxygen atoms in total. The Morgan fingerprint density at radius 3 is 2.58 bits per heavy atom. The lowest BCUT2D eigenvalue weighted by atomic mass is 9.99. The summed E-state index contributed by atoms with van der Waals surface area (Å²) < 4.78 is 2.40. The molecule has 4 rings (SSSR count). The molecule has 0 aliphatic carbocycles. The fourth-order valence-corrected chi connectivity index (χ4v) is 3.91. The predicted octanol–water partition coefficient (Wildman–Crippen LogP) is 4.66. The lowest BCUT2D eigenvalue weighted by molar-refractivity contribution is 0.723. The van der Waals surface area contributed by atoms with Crippen LogP contribution in [0.25, 0.3) is 10.9 Å². The highest BCUT2D eigenvalue weighted by Crippen LogP contribution is 2.34. The zero-order valence-electron chi connectivity index (χ0n) is 14.5. The highest BCUT2D eigenvalue weighted by atomic mass is 35.5. The second-order valence-corrected chi connectivity index (χ2v) is 6.42. The molecule has 1 aromatic carbocycles. The number of hydrogen-bond acceptors (Lipinski definition) is 2. The van der Waals surface area contributed by atoms with Gasteiger partial charge in [-0.1, -0.05) is 24.3 Å². The molecule has 0 saturated carbocycles. The van der Waals surface area contributed by atoms with Crippen LogP contribution in [0.1, 0.15) is 29.3 Å². The van der Waals surface area contributed by atoms with Gasteiger partial charge in [-0.3, -0.25) is 0 Å². The molecule has 0 spiro atoms. The molecule has 0 unspecified atom stereocenters. The minimum atomic E-state index is 0. The van der Waals surface area contributed by atoms with E-state index in [4.69, 9.17) is 4.98 Å². The van der Waals surface area contributed by atoms with E-state index in [0.29, 0.717) is 0 Å². The Bertz CT molecular complexity index is 882. The number of hydrogen-bond donors (Lipinski definition) is 0. The number of fused-ring (bicyclic) bond motifs is 2. The number of aromatic nitrogens is 2. The summed E-state index contributed by atoms with van der Waals surface area (Å²) in [7, 11) is 0. The van der Waals surface area contributed by atoms with Gasteiger partial charge in [0.1, 0.15) is 5.82 Å². The van der Waals surface area contributed by atoms with Crippen LogP contribution in [0.15, 0.2) is 36.5 Å². The Kier molecular flexibility index (Phi) is 4.55. The van der Waals surface area contributed by atoms with Gasteiger partial charge in [0.05, 0.1) is 5.52 Å². The SMILES string of the molecule is CCn1c(C)c(C)c2c(N3CCc4ccccc4C3)nccc21.Cl. The largest absolute Gasteiger partial charge is 0.351 e. The van der Waals surface area contributed by atoms with Gasteiger partial charge in [-0.2, -0.15) is 0 Å². The molecule has 0 saturated heterocycles. The fourth-order valence-electron chi connectivity index (χ4n) is 3.91. The molecular formula is C20H24ClN3. The summed E-state index contributed by atoms with van der Waals surface area (Å²) in [6, 6.07) is 10.9. The van der Waals surface area contributed by atoms with Gasteiger partial charge in [-0.05, 0) is 49.9 Å². The van der Waals surface area contributed by atoms with Gasteiger partial charge < -0.3 is 9.47 Å². The molecule has 1 aliphatic rings. The van der Waals surface area contributed by atoms with Crippen LogP contribution in [0.3, 0.4) is 0 Å². The third-order valence-electron chi connectivity index (χ3n) is 5.27. The molecule has 0 amide bonds. The van der Waals surface area contributed by atoms with Crippen molar-refractivity contribution in [3.63, 3.8) is 0 Å². The van der Waals surface area contributed by atoms with E-state index in [1.807, 2.05) is 6.20 Å². The first-order valence-corrected chi connectivity index (χ1v) is 8.46. The third kappa shape index (κ3) is 2.48. The second-order valence-electron chi connectivity index (χ2n) is 6.42. The summed E-state index contributed by atoms with van der Waals surface area (Å²) in [6.07, 6.45) is 3.06. The van der Waals surface area contributed by atoms with Crippen LogP contribution in [0.2, 0.25) is 0 Å². The smallest absolute Gasteiger partial charge is 0.138 e. The zero-order chi connectivity index (χ0) is 16.0. The first-order valence-electron chi connectivity index (χ1n) is 8.46. The van der Waals surface area contributed by atoms with E-state index in [2.05, 4.69) is 60.6 Å². The number of aryl methyl sites for hydroxylation is 2. The first kappa shape index (κ1) is 16.8. The average Bonchev–Trinajstić information content (AvgIpc) is 2.85. The molecule has 0 fully saturated rings. The van der Waals surface area contributed by atoms with Crippen LogP contribution in [0.5, 0.6) is 0 Å². The quantitative estimate of drug-likeness (QED) is 0.676.